The second-order valence-electron chi connectivity index (χ2n) is 8.05. The summed E-state index contributed by atoms with van der Waals surface area (Å²) in [4.78, 5) is 29.3. The number of halogens is 3. The van der Waals surface area contributed by atoms with Crippen molar-refractivity contribution in [1.82, 2.24) is 0 Å². The molecule has 1 aromatic rings. The Morgan fingerprint density at radius 1 is 1.19 bits per heavy atom. The van der Waals surface area contributed by atoms with Crippen LogP contribution in [0, 0.1) is 5.92 Å². The van der Waals surface area contributed by atoms with Crippen LogP contribution in [0.3, 0.4) is 0 Å². The lowest BCUT2D eigenvalue weighted by Crippen LogP contribution is -2.19. The minimum atomic E-state index is -4.49. The summed E-state index contributed by atoms with van der Waals surface area (Å²) >= 11 is 0. The Hall–Kier alpha value is -2.64. The van der Waals surface area contributed by atoms with Crippen molar-refractivity contribution in [3.63, 3.8) is 0 Å². The van der Waals surface area contributed by atoms with E-state index in [1.54, 1.807) is 6.92 Å². The average Bonchev–Trinajstić information content (AvgIpc) is 2.98. The highest BCUT2D eigenvalue weighted by atomic mass is 19.4. The minimum Gasteiger partial charge on any atom is -0.466 e. The second kappa shape index (κ2) is 9.66. The maximum atomic E-state index is 13.1. The number of benzene rings is 1. The summed E-state index contributed by atoms with van der Waals surface area (Å²) in [7, 11) is 0. The van der Waals surface area contributed by atoms with Crippen LogP contribution in [0.5, 0.6) is 0 Å². The molecule has 0 amide bonds. The number of esters is 2. The van der Waals surface area contributed by atoms with E-state index in [2.05, 4.69) is 11.9 Å². The van der Waals surface area contributed by atoms with Gasteiger partial charge in [-0.15, -0.1) is 0 Å². The van der Waals surface area contributed by atoms with Gasteiger partial charge < -0.3 is 9.47 Å². The molecule has 168 valence electrons. The molecule has 2 aliphatic rings. The molecule has 0 bridgehead atoms. The van der Waals surface area contributed by atoms with E-state index in [1.807, 2.05) is 0 Å². The zero-order valence-corrected chi connectivity index (χ0v) is 17.6. The number of hydrogen-bond donors (Lipinski definition) is 0. The zero-order chi connectivity index (χ0) is 22.6. The summed E-state index contributed by atoms with van der Waals surface area (Å²) in [6.07, 6.45) is -1.03. The molecule has 0 N–H and O–H groups in total. The molecule has 0 spiro atoms. The van der Waals surface area contributed by atoms with Gasteiger partial charge in [-0.1, -0.05) is 25.1 Å². The van der Waals surface area contributed by atoms with Gasteiger partial charge in [0.15, 0.2) is 0 Å². The zero-order valence-electron chi connectivity index (χ0n) is 17.6. The van der Waals surface area contributed by atoms with Gasteiger partial charge >= 0.3 is 18.1 Å². The third kappa shape index (κ3) is 5.95. The van der Waals surface area contributed by atoms with Gasteiger partial charge in [-0.25, -0.2) is 9.79 Å². The summed E-state index contributed by atoms with van der Waals surface area (Å²) in [6.45, 7) is 4.03. The lowest BCUT2D eigenvalue weighted by Gasteiger charge is -2.23. The van der Waals surface area contributed by atoms with E-state index in [0.29, 0.717) is 17.1 Å². The SMILES string of the molecule is CCOC(=O)CC1=C(Cc2cccc(C(F)(F)F)c2)C(=O)OC1=NC1CCC(C)CC1. The Morgan fingerprint density at radius 2 is 1.90 bits per heavy atom. The minimum absolute atomic E-state index is 0.0101. The number of alkyl halides is 3. The van der Waals surface area contributed by atoms with Crippen LogP contribution in [0.4, 0.5) is 13.2 Å². The van der Waals surface area contributed by atoms with Crippen LogP contribution in [0.15, 0.2) is 40.4 Å². The molecule has 1 fully saturated rings. The molecule has 8 heteroatoms. The molecule has 0 aromatic heterocycles. The molecule has 31 heavy (non-hydrogen) atoms. The fraction of sp³-hybridized carbons (Fsp3) is 0.522. The van der Waals surface area contributed by atoms with E-state index in [9.17, 15) is 22.8 Å². The molecule has 0 atom stereocenters. The topological polar surface area (TPSA) is 65.0 Å². The van der Waals surface area contributed by atoms with Crippen LogP contribution in [0.1, 0.15) is 57.1 Å². The highest BCUT2D eigenvalue weighted by molar-refractivity contribution is 6.16. The fourth-order valence-electron chi connectivity index (χ4n) is 3.88. The first-order valence-corrected chi connectivity index (χ1v) is 10.5. The van der Waals surface area contributed by atoms with Crippen LogP contribution in [0.2, 0.25) is 0 Å². The number of nitrogens with zero attached hydrogens (tertiary/aromatic N) is 1. The van der Waals surface area contributed by atoms with Crippen molar-refractivity contribution in [2.75, 3.05) is 6.61 Å². The van der Waals surface area contributed by atoms with Gasteiger partial charge in [0, 0.05) is 12.0 Å². The monoisotopic (exact) mass is 437 g/mol. The number of aliphatic imine (C=N–C) groups is 1. The molecule has 5 nitrogen and oxygen atoms in total. The summed E-state index contributed by atoms with van der Waals surface area (Å²) < 4.78 is 49.6. The van der Waals surface area contributed by atoms with Crippen LogP contribution in [-0.4, -0.2) is 30.5 Å². The number of carbonyl (C=O) groups is 2. The molecule has 1 aromatic carbocycles. The first-order valence-electron chi connectivity index (χ1n) is 10.5. The second-order valence-corrected chi connectivity index (χ2v) is 8.05. The Balaban J connectivity index is 1.92. The third-order valence-corrected chi connectivity index (χ3v) is 5.61. The van der Waals surface area contributed by atoms with Crippen molar-refractivity contribution in [3.8, 4) is 0 Å². The van der Waals surface area contributed by atoms with Crippen molar-refractivity contribution in [1.29, 1.82) is 0 Å². The summed E-state index contributed by atoms with van der Waals surface area (Å²) in [5, 5.41) is 0. The molecule has 0 unspecified atom stereocenters. The lowest BCUT2D eigenvalue weighted by atomic mass is 9.87. The number of rotatable bonds is 6. The van der Waals surface area contributed by atoms with Gasteiger partial charge in [-0.05, 0) is 50.2 Å². The summed E-state index contributed by atoms with van der Waals surface area (Å²) in [5.41, 5.74) is -0.0419. The molecule has 1 aliphatic carbocycles. The van der Waals surface area contributed by atoms with Crippen LogP contribution < -0.4 is 0 Å². The predicted molar refractivity (Wildman–Crippen MR) is 108 cm³/mol. The van der Waals surface area contributed by atoms with Gasteiger partial charge in [0.05, 0.1) is 30.2 Å². The maximum Gasteiger partial charge on any atom is 0.416 e. The van der Waals surface area contributed by atoms with E-state index in [1.165, 1.54) is 12.1 Å². The van der Waals surface area contributed by atoms with E-state index in [0.717, 1.165) is 37.8 Å². The van der Waals surface area contributed by atoms with Gasteiger partial charge in [-0.2, -0.15) is 13.2 Å². The van der Waals surface area contributed by atoms with Gasteiger partial charge in [0.1, 0.15) is 0 Å². The first kappa shape index (κ1) is 23.0. The molecule has 3 rings (SSSR count). The number of ether oxygens (including phenoxy) is 2. The number of cyclic esters (lactones) is 1. The third-order valence-electron chi connectivity index (χ3n) is 5.61. The largest absolute Gasteiger partial charge is 0.466 e. The molecular weight excluding hydrogens is 411 g/mol. The van der Waals surface area contributed by atoms with Crippen molar-refractivity contribution < 1.29 is 32.2 Å². The molecule has 1 saturated carbocycles. The maximum absolute atomic E-state index is 13.1. The van der Waals surface area contributed by atoms with E-state index < -0.39 is 23.7 Å². The predicted octanol–water partition coefficient (Wildman–Crippen LogP) is 5.03. The van der Waals surface area contributed by atoms with Crippen molar-refractivity contribution in [3.05, 3.63) is 46.5 Å². The number of carbonyl (C=O) groups excluding carboxylic acids is 2. The Kier molecular flexibility index (Phi) is 7.18. The highest BCUT2D eigenvalue weighted by Crippen LogP contribution is 2.32. The van der Waals surface area contributed by atoms with E-state index in [-0.39, 0.29) is 37.0 Å². The summed E-state index contributed by atoms with van der Waals surface area (Å²) in [5.74, 6) is -0.505. The molecule has 0 radical (unpaired) electrons. The molecular formula is C23H26F3NO4. The van der Waals surface area contributed by atoms with Crippen LogP contribution in [0.25, 0.3) is 0 Å². The quantitative estimate of drug-likeness (QED) is 0.586. The Bertz CT molecular complexity index is 896. The van der Waals surface area contributed by atoms with Crippen molar-refractivity contribution in [2.45, 2.75) is 64.6 Å². The Morgan fingerprint density at radius 3 is 2.55 bits per heavy atom. The van der Waals surface area contributed by atoms with Crippen LogP contribution in [-0.2, 0) is 31.7 Å². The van der Waals surface area contributed by atoms with Crippen molar-refractivity contribution >= 4 is 17.8 Å². The Labute approximate surface area is 179 Å². The standard InChI is InChI=1S/C23H26F3NO4/c1-3-30-20(28)13-18-19(12-15-5-4-6-16(11-15)23(24,25)26)22(29)31-21(18)27-17-9-7-14(2)8-10-17/h4-6,11,14,17H,3,7-10,12-13H2,1-2H3. The average molecular weight is 437 g/mol. The first-order chi connectivity index (χ1) is 14.7. The highest BCUT2D eigenvalue weighted by Gasteiger charge is 2.35. The van der Waals surface area contributed by atoms with E-state index >= 15 is 0 Å². The lowest BCUT2D eigenvalue weighted by molar-refractivity contribution is -0.142. The number of hydrogen-bond acceptors (Lipinski definition) is 5. The molecule has 1 aliphatic heterocycles. The van der Waals surface area contributed by atoms with Crippen molar-refractivity contribution in [2.24, 2.45) is 10.9 Å². The molecule has 0 saturated heterocycles. The van der Waals surface area contributed by atoms with Crippen LogP contribution >= 0.6 is 0 Å². The van der Waals surface area contributed by atoms with Gasteiger partial charge in [-0.3, -0.25) is 4.79 Å². The summed E-state index contributed by atoms with van der Waals surface area (Å²) in [6, 6.07) is 4.77. The van der Waals surface area contributed by atoms with Gasteiger partial charge in [0.25, 0.3) is 0 Å². The smallest absolute Gasteiger partial charge is 0.416 e. The van der Waals surface area contributed by atoms with E-state index in [4.69, 9.17) is 9.47 Å². The fourth-order valence-corrected chi connectivity index (χ4v) is 3.88. The molecule has 1 heterocycles. The normalized spacial score (nSPS) is 23.3. The van der Waals surface area contributed by atoms with Gasteiger partial charge in [0.2, 0.25) is 5.90 Å².